The first-order valence-corrected chi connectivity index (χ1v) is 16.5. The van der Waals surface area contributed by atoms with E-state index in [2.05, 4.69) is 45.0 Å². The maximum Gasteiger partial charge on any atom is 0.407 e. The first kappa shape index (κ1) is 34.1. The number of aromatic amines is 2. The van der Waals surface area contributed by atoms with Gasteiger partial charge in [0.1, 0.15) is 23.7 Å². The summed E-state index contributed by atoms with van der Waals surface area (Å²) in [6.45, 7) is 4.43. The molecule has 0 spiro atoms. The van der Waals surface area contributed by atoms with Gasteiger partial charge in [0.25, 0.3) is 0 Å². The predicted molar refractivity (Wildman–Crippen MR) is 180 cm³/mol. The Bertz CT molecular complexity index is 1710. The van der Waals surface area contributed by atoms with Crippen LogP contribution in [0.3, 0.4) is 0 Å². The number of hydrogen-bond donors (Lipinski definition) is 4. The third-order valence-electron chi connectivity index (χ3n) is 9.08. The lowest BCUT2D eigenvalue weighted by Crippen LogP contribution is -2.46. The number of hydrogen-bond acceptors (Lipinski definition) is 10. The fourth-order valence-electron chi connectivity index (χ4n) is 6.44. The summed E-state index contributed by atoms with van der Waals surface area (Å²) in [6, 6.07) is 5.90. The molecule has 2 aliphatic rings. The summed E-state index contributed by atoms with van der Waals surface area (Å²) < 4.78 is 9.25. The number of rotatable bonds is 9. The van der Waals surface area contributed by atoms with Gasteiger partial charge >= 0.3 is 12.2 Å². The molecule has 4 atom stereocenters. The Labute approximate surface area is 288 Å². The van der Waals surface area contributed by atoms with Gasteiger partial charge in [0, 0.05) is 42.8 Å². The van der Waals surface area contributed by atoms with Crippen molar-refractivity contribution in [3.63, 3.8) is 0 Å². The number of nitrogens with one attached hydrogen (secondary N) is 4. The topological polar surface area (TPSA) is 200 Å². The molecule has 4 aromatic rings. The van der Waals surface area contributed by atoms with Crippen LogP contribution in [0.2, 0.25) is 0 Å². The van der Waals surface area contributed by atoms with Gasteiger partial charge in [0.15, 0.2) is 5.82 Å². The van der Waals surface area contributed by atoms with Gasteiger partial charge in [-0.15, -0.1) is 0 Å². The number of aromatic nitrogens is 6. The van der Waals surface area contributed by atoms with Crippen molar-refractivity contribution >= 4 is 24.0 Å². The van der Waals surface area contributed by atoms with E-state index in [0.29, 0.717) is 36.3 Å². The Morgan fingerprint density at radius 3 is 1.86 bits per heavy atom. The van der Waals surface area contributed by atoms with E-state index in [1.807, 2.05) is 24.3 Å². The lowest BCUT2D eigenvalue weighted by Gasteiger charge is -2.26. The van der Waals surface area contributed by atoms with Gasteiger partial charge < -0.3 is 39.9 Å². The number of amides is 4. The molecule has 2 fully saturated rings. The largest absolute Gasteiger partial charge is 0.453 e. The van der Waals surface area contributed by atoms with Crippen molar-refractivity contribution in [2.75, 3.05) is 27.3 Å². The number of alkyl carbamates (subject to hydrolysis) is 2. The van der Waals surface area contributed by atoms with E-state index in [-0.39, 0.29) is 23.9 Å². The van der Waals surface area contributed by atoms with Gasteiger partial charge in [-0.1, -0.05) is 24.3 Å². The van der Waals surface area contributed by atoms with Crippen molar-refractivity contribution in [2.24, 2.45) is 0 Å². The van der Waals surface area contributed by atoms with Crippen LogP contribution in [0.15, 0.2) is 49.1 Å². The van der Waals surface area contributed by atoms with Crippen molar-refractivity contribution < 1.29 is 28.7 Å². The third-order valence-corrected chi connectivity index (χ3v) is 9.08. The highest BCUT2D eigenvalue weighted by atomic mass is 16.5. The summed E-state index contributed by atoms with van der Waals surface area (Å²) >= 11 is 0. The maximum atomic E-state index is 13.0. The van der Waals surface area contributed by atoms with Crippen molar-refractivity contribution in [1.29, 1.82) is 0 Å². The molecule has 3 aromatic heterocycles. The van der Waals surface area contributed by atoms with Gasteiger partial charge in [-0.2, -0.15) is 0 Å². The minimum absolute atomic E-state index is 0.188. The molecule has 5 heterocycles. The molecule has 2 saturated heterocycles. The lowest BCUT2D eigenvalue weighted by molar-refractivity contribution is -0.134. The number of ether oxygens (including phenoxy) is 2. The summed E-state index contributed by atoms with van der Waals surface area (Å²) in [7, 11) is 2.52. The van der Waals surface area contributed by atoms with E-state index in [4.69, 9.17) is 4.98 Å². The molecule has 1 aromatic carbocycles. The zero-order valence-corrected chi connectivity index (χ0v) is 28.3. The molecule has 0 bridgehead atoms. The highest BCUT2D eigenvalue weighted by Gasteiger charge is 2.36. The van der Waals surface area contributed by atoms with Crippen LogP contribution in [-0.4, -0.2) is 103 Å². The molecule has 50 heavy (non-hydrogen) atoms. The summed E-state index contributed by atoms with van der Waals surface area (Å²) in [5.74, 6) is 1.52. The number of H-pyrrole nitrogens is 2. The van der Waals surface area contributed by atoms with Crippen LogP contribution in [0.1, 0.15) is 63.3 Å². The molecule has 16 nitrogen and oxygen atoms in total. The number of carbonyl (C=O) groups excluding carboxylic acids is 4. The second-order valence-electron chi connectivity index (χ2n) is 12.3. The highest BCUT2D eigenvalue weighted by molar-refractivity contribution is 5.86. The molecule has 262 valence electrons. The van der Waals surface area contributed by atoms with Gasteiger partial charge in [0.2, 0.25) is 11.8 Å². The second kappa shape index (κ2) is 14.8. The van der Waals surface area contributed by atoms with E-state index < -0.39 is 24.3 Å². The van der Waals surface area contributed by atoms with E-state index >= 15 is 0 Å². The van der Waals surface area contributed by atoms with Crippen molar-refractivity contribution in [3.8, 4) is 33.9 Å². The number of carbonyl (C=O) groups is 4. The number of methoxy groups -OCH3 is 2. The van der Waals surface area contributed by atoms with Crippen molar-refractivity contribution in [3.05, 3.63) is 60.7 Å². The van der Waals surface area contributed by atoms with Gasteiger partial charge in [-0.3, -0.25) is 9.59 Å². The Balaban J connectivity index is 1.09. The Morgan fingerprint density at radius 2 is 1.30 bits per heavy atom. The molecule has 4 amide bonds. The van der Waals surface area contributed by atoms with Gasteiger partial charge in [-0.25, -0.2) is 29.5 Å². The molecule has 0 saturated carbocycles. The molecule has 0 aliphatic carbocycles. The summed E-state index contributed by atoms with van der Waals surface area (Å²) in [4.78, 5) is 77.8. The first-order valence-electron chi connectivity index (χ1n) is 16.5. The molecule has 4 N–H and O–H groups in total. The molecule has 16 heteroatoms. The monoisotopic (exact) mass is 684 g/mol. The molecule has 0 radical (unpaired) electrons. The lowest BCUT2D eigenvalue weighted by atomic mass is 10.1. The van der Waals surface area contributed by atoms with Crippen LogP contribution in [0.25, 0.3) is 33.9 Å². The molecule has 6 rings (SSSR count). The third kappa shape index (κ3) is 7.13. The Morgan fingerprint density at radius 1 is 0.760 bits per heavy atom. The molecular formula is C34H40N10O6. The summed E-state index contributed by atoms with van der Waals surface area (Å²) in [5, 5.41) is 5.08. The van der Waals surface area contributed by atoms with Crippen LogP contribution in [0, 0.1) is 0 Å². The summed E-state index contributed by atoms with van der Waals surface area (Å²) in [5.41, 5.74) is 3.95. The first-order chi connectivity index (χ1) is 24.2. The molecule has 0 unspecified atom stereocenters. The van der Waals surface area contributed by atoms with Crippen LogP contribution < -0.4 is 10.6 Å². The molecular weight excluding hydrogens is 644 g/mol. The number of nitrogens with zero attached hydrogens (tertiary/aromatic N) is 6. The number of benzene rings is 1. The van der Waals surface area contributed by atoms with Crippen molar-refractivity contribution in [2.45, 2.75) is 63.7 Å². The fourth-order valence-corrected chi connectivity index (χ4v) is 6.44. The smallest absolute Gasteiger partial charge is 0.407 e. The zero-order valence-electron chi connectivity index (χ0n) is 28.3. The SMILES string of the molecule is COC(=O)N[C@@H](C)C(=O)N1CCC[C@H]1c1nc(-c2cnc(-c3ccc(-c4cnc([C@@H]5CCCN5C(=O)[C@H](C)NC(=O)OC)[nH]4)cc3)nc2)c[nH]1. The van der Waals surface area contributed by atoms with E-state index in [9.17, 15) is 19.2 Å². The van der Waals surface area contributed by atoms with Crippen molar-refractivity contribution in [1.82, 2.24) is 50.3 Å². The quantitative estimate of drug-likeness (QED) is 0.201. The minimum Gasteiger partial charge on any atom is -0.453 e. The standard InChI is InChI=1S/C34H40N10O6/c1-19(39-33(47)49-3)31(45)43-13-5-7-26(43)29-37-17-24(41-29)21-9-11-22(12-10-21)28-35-15-23(16-36-28)25-18-38-30(42-25)27-8-6-14-44(27)32(46)20(2)40-34(48)50-4/h9-12,15-20,26-27H,5-8,13-14H2,1-4H3,(H,37,41)(H,38,42)(H,39,47)(H,40,48)/t19-,20-,26-,27-/m0/s1. The Hall–Kier alpha value is -5.80. The van der Waals surface area contributed by atoms with Crippen LogP contribution in [0.4, 0.5) is 9.59 Å². The predicted octanol–water partition coefficient (Wildman–Crippen LogP) is 3.74. The normalized spacial score (nSPS) is 18.4. The molecule has 2 aliphatic heterocycles. The van der Waals surface area contributed by atoms with E-state index in [0.717, 1.165) is 48.1 Å². The van der Waals surface area contributed by atoms with E-state index in [1.165, 1.54) is 14.2 Å². The maximum absolute atomic E-state index is 13.0. The van der Waals surface area contributed by atoms with E-state index in [1.54, 1.807) is 48.4 Å². The second-order valence-corrected chi connectivity index (χ2v) is 12.3. The average Bonchev–Trinajstić information content (AvgIpc) is 3.97. The number of likely N-dealkylation sites (tertiary alicyclic amines) is 2. The minimum atomic E-state index is -0.724. The average molecular weight is 685 g/mol. The fraction of sp³-hybridized carbons (Fsp3) is 0.412. The van der Waals surface area contributed by atoms with Gasteiger partial charge in [0.05, 0.1) is 43.9 Å². The van der Waals surface area contributed by atoms with Crippen LogP contribution in [-0.2, 0) is 19.1 Å². The number of imidazole rings is 2. The van der Waals surface area contributed by atoms with Gasteiger partial charge in [-0.05, 0) is 45.1 Å². The zero-order chi connectivity index (χ0) is 35.4. The Kier molecular flexibility index (Phi) is 10.1. The van der Waals surface area contributed by atoms with Crippen LogP contribution >= 0.6 is 0 Å². The highest BCUT2D eigenvalue weighted by Crippen LogP contribution is 2.34. The van der Waals surface area contributed by atoms with Crippen LogP contribution in [0.5, 0.6) is 0 Å². The summed E-state index contributed by atoms with van der Waals surface area (Å²) in [6.07, 6.45) is 8.84.